The molecule has 0 amide bonds. The highest BCUT2D eigenvalue weighted by Crippen LogP contribution is 2.31. The molecule has 0 aliphatic heterocycles. The fourth-order valence-electron chi connectivity index (χ4n) is 3.78. The molecule has 2 N–H and O–H groups in total. The summed E-state index contributed by atoms with van der Waals surface area (Å²) in [6, 6.07) is 15.9. The third-order valence-corrected chi connectivity index (χ3v) is 5.64. The summed E-state index contributed by atoms with van der Waals surface area (Å²) >= 11 is 0. The minimum Gasteiger partial charge on any atom is -0.462 e. The number of fused-ring (bicyclic) bond motifs is 2. The van der Waals surface area contributed by atoms with E-state index < -0.39 is 5.97 Å². The summed E-state index contributed by atoms with van der Waals surface area (Å²) in [4.78, 5) is 22.6. The maximum Gasteiger partial charge on any atom is 0.344 e. The molecule has 0 aliphatic carbocycles. The lowest BCUT2D eigenvalue weighted by Gasteiger charge is -2.09. The number of carbonyl (C=O) groups excluding carboxylic acids is 1. The van der Waals surface area contributed by atoms with E-state index in [9.17, 15) is 4.79 Å². The number of aromatic nitrogens is 3. The number of aryl methyl sites for hydroxylation is 1. The first-order valence-electron chi connectivity index (χ1n) is 11.3. The van der Waals surface area contributed by atoms with Gasteiger partial charge in [-0.2, -0.15) is 0 Å². The van der Waals surface area contributed by atoms with Gasteiger partial charge in [-0.3, -0.25) is 4.57 Å². The second-order valence-electron chi connectivity index (χ2n) is 8.57. The second kappa shape index (κ2) is 9.39. The van der Waals surface area contributed by atoms with Crippen LogP contribution in [0.25, 0.3) is 27.9 Å². The zero-order chi connectivity index (χ0) is 22.7. The van der Waals surface area contributed by atoms with E-state index in [-0.39, 0.29) is 5.56 Å². The number of benzene rings is 2. The molecule has 2 aromatic heterocycles. The SMILES string of the molecule is CCCCc1ccc(-n2c(N)c(C(=O)OCCC(C)C)c3nc4ccccc4nc32)cc1. The van der Waals surface area contributed by atoms with Crippen LogP contribution in [-0.2, 0) is 11.2 Å². The molecule has 0 spiro atoms. The standard InChI is InChI=1S/C26H30N4O2/c1-4-5-8-18-11-13-19(14-12-18)30-24(27)22(26(31)32-16-15-17(2)3)23-25(30)29-21-10-7-6-9-20(21)28-23/h6-7,9-14,17H,4-5,8,15-16,27H2,1-3H3. The zero-order valence-corrected chi connectivity index (χ0v) is 19.0. The molecule has 4 aromatic rings. The van der Waals surface area contributed by atoms with Gasteiger partial charge < -0.3 is 10.5 Å². The quantitative estimate of drug-likeness (QED) is 0.363. The fourth-order valence-corrected chi connectivity index (χ4v) is 3.78. The molecule has 166 valence electrons. The van der Waals surface area contributed by atoms with Crippen LogP contribution in [0.3, 0.4) is 0 Å². The number of rotatable bonds is 8. The Labute approximate surface area is 188 Å². The molecular formula is C26H30N4O2. The largest absolute Gasteiger partial charge is 0.462 e. The summed E-state index contributed by atoms with van der Waals surface area (Å²) in [5.74, 6) is 0.277. The number of nitrogens with two attached hydrogens (primary N) is 1. The number of anilines is 1. The maximum atomic E-state index is 13.0. The van der Waals surface area contributed by atoms with Gasteiger partial charge in [-0.25, -0.2) is 14.8 Å². The van der Waals surface area contributed by atoms with Crippen molar-refractivity contribution in [2.24, 2.45) is 5.92 Å². The number of nitrogens with zero attached hydrogens (tertiary/aromatic N) is 3. The van der Waals surface area contributed by atoms with Crippen molar-refractivity contribution < 1.29 is 9.53 Å². The lowest BCUT2D eigenvalue weighted by Crippen LogP contribution is -2.11. The molecule has 0 bridgehead atoms. The number of hydrogen-bond donors (Lipinski definition) is 1. The molecule has 0 fully saturated rings. The van der Waals surface area contributed by atoms with Crippen molar-refractivity contribution in [3.05, 3.63) is 59.7 Å². The first-order chi connectivity index (χ1) is 15.5. The van der Waals surface area contributed by atoms with Crippen LogP contribution in [-0.4, -0.2) is 27.1 Å². The molecule has 0 atom stereocenters. The maximum absolute atomic E-state index is 13.0. The predicted octanol–water partition coefficient (Wildman–Crippen LogP) is 5.70. The van der Waals surface area contributed by atoms with Gasteiger partial charge in [-0.1, -0.05) is 51.5 Å². The van der Waals surface area contributed by atoms with Gasteiger partial charge in [0.15, 0.2) is 5.65 Å². The number of carbonyl (C=O) groups is 1. The van der Waals surface area contributed by atoms with E-state index in [0.29, 0.717) is 35.0 Å². The average molecular weight is 431 g/mol. The predicted molar refractivity (Wildman–Crippen MR) is 129 cm³/mol. The second-order valence-corrected chi connectivity index (χ2v) is 8.57. The van der Waals surface area contributed by atoms with E-state index in [2.05, 4.69) is 32.9 Å². The molecule has 0 saturated carbocycles. The van der Waals surface area contributed by atoms with E-state index in [4.69, 9.17) is 20.4 Å². The van der Waals surface area contributed by atoms with Crippen LogP contribution in [0, 0.1) is 5.92 Å². The van der Waals surface area contributed by atoms with Gasteiger partial charge in [0, 0.05) is 5.69 Å². The molecule has 2 aromatic carbocycles. The molecule has 0 aliphatic rings. The zero-order valence-electron chi connectivity index (χ0n) is 19.0. The number of nitrogen functional groups attached to an aromatic ring is 1. The van der Waals surface area contributed by atoms with E-state index in [0.717, 1.165) is 36.9 Å². The lowest BCUT2D eigenvalue weighted by molar-refractivity contribution is 0.0491. The first-order valence-corrected chi connectivity index (χ1v) is 11.3. The van der Waals surface area contributed by atoms with Crippen LogP contribution in [0.1, 0.15) is 56.0 Å². The molecule has 6 heteroatoms. The summed E-state index contributed by atoms with van der Waals surface area (Å²) in [6.07, 6.45) is 4.13. The molecule has 32 heavy (non-hydrogen) atoms. The smallest absolute Gasteiger partial charge is 0.344 e. The van der Waals surface area contributed by atoms with E-state index >= 15 is 0 Å². The number of para-hydroxylation sites is 2. The number of ether oxygens (including phenoxy) is 1. The summed E-state index contributed by atoms with van der Waals surface area (Å²) in [7, 11) is 0. The van der Waals surface area contributed by atoms with Crippen LogP contribution < -0.4 is 5.73 Å². The van der Waals surface area contributed by atoms with Crippen molar-refractivity contribution in [3.63, 3.8) is 0 Å². The van der Waals surface area contributed by atoms with Gasteiger partial charge in [-0.05, 0) is 55.0 Å². The Balaban J connectivity index is 1.83. The fraction of sp³-hybridized carbons (Fsp3) is 0.346. The molecule has 0 saturated heterocycles. The van der Waals surface area contributed by atoms with E-state index in [1.54, 1.807) is 4.57 Å². The molecular weight excluding hydrogens is 400 g/mol. The van der Waals surface area contributed by atoms with E-state index in [1.807, 2.05) is 36.4 Å². The van der Waals surface area contributed by atoms with Crippen LogP contribution >= 0.6 is 0 Å². The van der Waals surface area contributed by atoms with Crippen LogP contribution in [0.4, 0.5) is 5.82 Å². The number of esters is 1. The Morgan fingerprint density at radius 1 is 1.06 bits per heavy atom. The lowest BCUT2D eigenvalue weighted by atomic mass is 10.1. The Kier molecular flexibility index (Phi) is 6.40. The molecule has 4 rings (SSSR count). The summed E-state index contributed by atoms with van der Waals surface area (Å²) in [5, 5.41) is 0. The van der Waals surface area contributed by atoms with Crippen LogP contribution in [0.15, 0.2) is 48.5 Å². The van der Waals surface area contributed by atoms with E-state index in [1.165, 1.54) is 5.56 Å². The van der Waals surface area contributed by atoms with Crippen molar-refractivity contribution in [1.29, 1.82) is 0 Å². The summed E-state index contributed by atoms with van der Waals surface area (Å²) in [6.45, 7) is 6.72. The molecule has 6 nitrogen and oxygen atoms in total. The van der Waals surface area contributed by atoms with Crippen molar-refractivity contribution in [2.45, 2.75) is 46.5 Å². The van der Waals surface area contributed by atoms with Crippen LogP contribution in [0.2, 0.25) is 0 Å². The van der Waals surface area contributed by atoms with Gasteiger partial charge >= 0.3 is 5.97 Å². The van der Waals surface area contributed by atoms with Gasteiger partial charge in [0.2, 0.25) is 0 Å². The number of hydrogen-bond acceptors (Lipinski definition) is 5. The van der Waals surface area contributed by atoms with Gasteiger partial charge in [0.05, 0.1) is 17.6 Å². The minimum absolute atomic E-state index is 0.275. The Bertz CT molecular complexity index is 1240. The van der Waals surface area contributed by atoms with Gasteiger partial charge in [0.25, 0.3) is 0 Å². The Hall–Kier alpha value is -3.41. The summed E-state index contributed by atoms with van der Waals surface area (Å²) in [5.41, 5.74) is 11.4. The normalized spacial score (nSPS) is 11.5. The third-order valence-electron chi connectivity index (χ3n) is 5.64. The van der Waals surface area contributed by atoms with Gasteiger partial charge in [-0.15, -0.1) is 0 Å². The summed E-state index contributed by atoms with van der Waals surface area (Å²) < 4.78 is 7.36. The highest BCUT2D eigenvalue weighted by Gasteiger charge is 2.26. The van der Waals surface area contributed by atoms with Crippen molar-refractivity contribution in [2.75, 3.05) is 12.3 Å². The van der Waals surface area contributed by atoms with Crippen LogP contribution in [0.5, 0.6) is 0 Å². The van der Waals surface area contributed by atoms with Gasteiger partial charge in [0.1, 0.15) is 16.9 Å². The highest BCUT2D eigenvalue weighted by molar-refractivity contribution is 6.09. The number of unbranched alkanes of at least 4 members (excludes halogenated alkanes) is 1. The average Bonchev–Trinajstić information content (AvgIpc) is 3.06. The minimum atomic E-state index is -0.462. The highest BCUT2D eigenvalue weighted by atomic mass is 16.5. The Morgan fingerprint density at radius 2 is 1.75 bits per heavy atom. The molecule has 0 unspecified atom stereocenters. The topological polar surface area (TPSA) is 83.0 Å². The molecule has 0 radical (unpaired) electrons. The third kappa shape index (κ3) is 4.31. The van der Waals surface area contributed by atoms with Crippen molar-refractivity contribution in [1.82, 2.24) is 14.5 Å². The van der Waals surface area contributed by atoms with Crippen molar-refractivity contribution in [3.8, 4) is 5.69 Å². The monoisotopic (exact) mass is 430 g/mol. The molecule has 2 heterocycles. The first kappa shape index (κ1) is 21.8. The van der Waals surface area contributed by atoms with Crippen molar-refractivity contribution >= 4 is 34.0 Å². The Morgan fingerprint density at radius 3 is 2.41 bits per heavy atom.